The topological polar surface area (TPSA) is 70.8 Å². The highest BCUT2D eigenvalue weighted by molar-refractivity contribution is 5.91. The van der Waals surface area contributed by atoms with Gasteiger partial charge in [0.2, 0.25) is 0 Å². The Kier molecular flexibility index (Phi) is 3.50. The van der Waals surface area contributed by atoms with E-state index in [0.29, 0.717) is 25.3 Å². The maximum Gasteiger partial charge on any atom is 0.289 e. The normalized spacial score (nSPS) is 25.6. The minimum Gasteiger partial charge on any atom is -0.456 e. The van der Waals surface area contributed by atoms with Crippen molar-refractivity contribution in [3.8, 4) is 0 Å². The summed E-state index contributed by atoms with van der Waals surface area (Å²) in [6.07, 6.45) is 0.502. The van der Waals surface area contributed by atoms with Gasteiger partial charge in [-0.15, -0.1) is 0 Å². The first-order chi connectivity index (χ1) is 9.12. The Balaban J connectivity index is 2.25. The van der Waals surface area contributed by atoms with Crippen LogP contribution >= 0.6 is 0 Å². The molecule has 0 saturated carbocycles. The zero-order valence-electron chi connectivity index (χ0n) is 12.4. The number of nitrogens with zero attached hydrogens (tertiary/aromatic N) is 1. The number of hydrogen-bond acceptors (Lipinski definition) is 4. The van der Waals surface area contributed by atoms with Gasteiger partial charge >= 0.3 is 0 Å². The van der Waals surface area contributed by atoms with E-state index in [1.807, 2.05) is 13.8 Å². The first kappa shape index (κ1) is 14.8. The van der Waals surface area contributed by atoms with Gasteiger partial charge in [0.1, 0.15) is 5.76 Å². The van der Waals surface area contributed by atoms with Crippen molar-refractivity contribution < 1.29 is 14.3 Å². The Morgan fingerprint density at radius 2 is 2.00 bits per heavy atom. The molecule has 1 aromatic rings. The smallest absolute Gasteiger partial charge is 0.289 e. The number of carbonyl (C=O) groups is 1. The van der Waals surface area contributed by atoms with E-state index in [9.17, 15) is 14.7 Å². The summed E-state index contributed by atoms with van der Waals surface area (Å²) in [6, 6.07) is 2.57. The molecule has 2 rings (SSSR count). The van der Waals surface area contributed by atoms with Crippen LogP contribution in [-0.2, 0) is 0 Å². The van der Waals surface area contributed by atoms with Crippen LogP contribution in [0.3, 0.4) is 0 Å². The molecule has 0 aliphatic carbocycles. The van der Waals surface area contributed by atoms with E-state index in [0.717, 1.165) is 0 Å². The molecule has 1 fully saturated rings. The molecular weight excluding hydrogens is 258 g/mol. The highest BCUT2D eigenvalue weighted by Crippen LogP contribution is 2.38. The molecule has 0 aromatic carbocycles. The first-order valence-corrected chi connectivity index (χ1v) is 6.76. The van der Waals surface area contributed by atoms with Crippen LogP contribution in [0.4, 0.5) is 0 Å². The van der Waals surface area contributed by atoms with Crippen molar-refractivity contribution in [1.29, 1.82) is 0 Å². The molecule has 5 heteroatoms. The Hall–Kier alpha value is -1.62. The fourth-order valence-electron chi connectivity index (χ4n) is 2.46. The largest absolute Gasteiger partial charge is 0.456 e. The Morgan fingerprint density at radius 3 is 2.55 bits per heavy atom. The summed E-state index contributed by atoms with van der Waals surface area (Å²) in [5.74, 6) is 0.186. The van der Waals surface area contributed by atoms with E-state index in [1.165, 1.54) is 12.1 Å². The molecule has 0 spiro atoms. The number of likely N-dealkylation sites (tertiary alicyclic amines) is 1. The number of piperidine rings is 1. The number of carbonyl (C=O) groups excluding carboxylic acids is 1. The summed E-state index contributed by atoms with van der Waals surface area (Å²) >= 11 is 0. The second-order valence-electron chi connectivity index (χ2n) is 6.40. The zero-order chi connectivity index (χ0) is 15.1. The minimum atomic E-state index is -0.808. The summed E-state index contributed by atoms with van der Waals surface area (Å²) < 4.78 is 5.34. The molecule has 1 N–H and O–H groups in total. The lowest BCUT2D eigenvalue weighted by Gasteiger charge is -2.48. The number of aryl methyl sites for hydroxylation is 1. The highest BCUT2D eigenvalue weighted by atomic mass is 16.3. The van der Waals surface area contributed by atoms with Crippen LogP contribution in [0.1, 0.15) is 43.5 Å². The first-order valence-electron chi connectivity index (χ1n) is 6.76. The maximum absolute atomic E-state index is 12.4. The molecule has 1 aliphatic heterocycles. The zero-order valence-corrected chi connectivity index (χ0v) is 12.4. The average Bonchev–Trinajstić information content (AvgIpc) is 2.30. The van der Waals surface area contributed by atoms with Gasteiger partial charge in [-0.2, -0.15) is 0 Å². The van der Waals surface area contributed by atoms with E-state index < -0.39 is 11.0 Å². The molecule has 1 aliphatic rings. The van der Waals surface area contributed by atoms with Gasteiger partial charge in [-0.05, 0) is 20.3 Å². The summed E-state index contributed by atoms with van der Waals surface area (Å²) in [5, 5.41) is 10.3. The lowest BCUT2D eigenvalue weighted by molar-refractivity contribution is -0.0974. The van der Waals surface area contributed by atoms with Crippen molar-refractivity contribution in [3.63, 3.8) is 0 Å². The third-order valence-corrected chi connectivity index (χ3v) is 4.30. The SMILES string of the molecule is Cc1cc(=O)cc(C(=O)N2CCC(C)(O)C(C)(C)C2)o1. The van der Waals surface area contributed by atoms with Gasteiger partial charge in [-0.25, -0.2) is 0 Å². The van der Waals surface area contributed by atoms with Gasteiger partial charge in [0.15, 0.2) is 11.2 Å². The molecule has 110 valence electrons. The van der Waals surface area contributed by atoms with Crippen LogP contribution in [0, 0.1) is 12.3 Å². The standard InChI is InChI=1S/C15H21NO4/c1-10-7-11(17)8-12(20-10)13(18)16-6-5-15(4,19)14(2,3)9-16/h7-8,19H,5-6,9H2,1-4H3. The van der Waals surface area contributed by atoms with Crippen molar-refractivity contribution in [1.82, 2.24) is 4.90 Å². The summed E-state index contributed by atoms with van der Waals surface area (Å²) in [5.41, 5.74) is -1.46. The minimum absolute atomic E-state index is 0.0624. The Morgan fingerprint density at radius 1 is 1.35 bits per heavy atom. The van der Waals surface area contributed by atoms with Gasteiger partial charge in [-0.3, -0.25) is 9.59 Å². The predicted molar refractivity (Wildman–Crippen MR) is 74.6 cm³/mol. The molecule has 0 radical (unpaired) electrons. The fraction of sp³-hybridized carbons (Fsp3) is 0.600. The third-order valence-electron chi connectivity index (χ3n) is 4.30. The number of aliphatic hydroxyl groups is 1. The van der Waals surface area contributed by atoms with Crippen molar-refractivity contribution in [3.05, 3.63) is 33.9 Å². The van der Waals surface area contributed by atoms with Gasteiger partial charge in [0.05, 0.1) is 5.60 Å². The van der Waals surface area contributed by atoms with Gasteiger partial charge < -0.3 is 14.4 Å². The van der Waals surface area contributed by atoms with Crippen LogP contribution < -0.4 is 5.43 Å². The van der Waals surface area contributed by atoms with Crippen LogP contribution in [0.5, 0.6) is 0 Å². The number of rotatable bonds is 1. The van der Waals surface area contributed by atoms with Crippen molar-refractivity contribution in [2.45, 2.75) is 39.7 Å². The Bertz CT molecular complexity index is 586. The molecule has 2 heterocycles. The molecule has 1 saturated heterocycles. The summed E-state index contributed by atoms with van der Waals surface area (Å²) in [6.45, 7) is 8.17. The Labute approximate surface area is 118 Å². The highest BCUT2D eigenvalue weighted by Gasteiger charge is 2.45. The predicted octanol–water partition coefficient (Wildman–Crippen LogP) is 1.57. The number of amides is 1. The molecule has 1 aromatic heterocycles. The van der Waals surface area contributed by atoms with E-state index in [-0.39, 0.29) is 17.1 Å². The molecule has 1 unspecified atom stereocenters. The lowest BCUT2D eigenvalue weighted by Crippen LogP contribution is -2.57. The van der Waals surface area contributed by atoms with E-state index in [1.54, 1.807) is 18.7 Å². The summed E-state index contributed by atoms with van der Waals surface area (Å²) in [7, 11) is 0. The second-order valence-corrected chi connectivity index (χ2v) is 6.40. The summed E-state index contributed by atoms with van der Waals surface area (Å²) in [4.78, 5) is 25.5. The van der Waals surface area contributed by atoms with Gasteiger partial charge in [0, 0.05) is 30.6 Å². The molecule has 1 amide bonds. The van der Waals surface area contributed by atoms with Crippen molar-refractivity contribution >= 4 is 5.91 Å². The maximum atomic E-state index is 12.4. The quantitative estimate of drug-likeness (QED) is 0.847. The molecule has 20 heavy (non-hydrogen) atoms. The van der Waals surface area contributed by atoms with Gasteiger partial charge in [-0.1, -0.05) is 13.8 Å². The molecule has 5 nitrogen and oxygen atoms in total. The van der Waals surface area contributed by atoms with Crippen LogP contribution in [0.15, 0.2) is 21.3 Å². The molecular formula is C15H21NO4. The second kappa shape index (κ2) is 4.74. The van der Waals surface area contributed by atoms with Crippen LogP contribution in [-0.4, -0.2) is 34.6 Å². The van der Waals surface area contributed by atoms with E-state index in [4.69, 9.17) is 4.42 Å². The third kappa shape index (κ3) is 2.63. The van der Waals surface area contributed by atoms with Crippen LogP contribution in [0.25, 0.3) is 0 Å². The monoisotopic (exact) mass is 279 g/mol. The average molecular weight is 279 g/mol. The lowest BCUT2D eigenvalue weighted by atomic mass is 9.71. The van der Waals surface area contributed by atoms with Crippen LogP contribution in [0.2, 0.25) is 0 Å². The van der Waals surface area contributed by atoms with E-state index >= 15 is 0 Å². The fourth-order valence-corrected chi connectivity index (χ4v) is 2.46. The van der Waals surface area contributed by atoms with Crippen molar-refractivity contribution in [2.24, 2.45) is 5.41 Å². The molecule has 1 atom stereocenters. The molecule has 0 bridgehead atoms. The van der Waals surface area contributed by atoms with E-state index in [2.05, 4.69) is 0 Å². The van der Waals surface area contributed by atoms with Gasteiger partial charge in [0.25, 0.3) is 5.91 Å². The number of hydrogen-bond donors (Lipinski definition) is 1. The van der Waals surface area contributed by atoms with Crippen molar-refractivity contribution in [2.75, 3.05) is 13.1 Å².